The van der Waals surface area contributed by atoms with Crippen LogP contribution < -0.4 is 5.32 Å². The monoisotopic (exact) mass is 298 g/mol. The molecule has 0 aliphatic heterocycles. The van der Waals surface area contributed by atoms with Crippen molar-refractivity contribution in [3.63, 3.8) is 0 Å². The Balaban J connectivity index is 2.91. The first kappa shape index (κ1) is 16.2. The van der Waals surface area contributed by atoms with Crippen molar-refractivity contribution in [1.82, 2.24) is 4.90 Å². The van der Waals surface area contributed by atoms with Gasteiger partial charge in [0.25, 0.3) is 5.91 Å². The number of aryl methyl sites for hydroxylation is 1. The van der Waals surface area contributed by atoms with Crippen LogP contribution in [-0.4, -0.2) is 43.4 Å². The van der Waals surface area contributed by atoms with Gasteiger partial charge in [-0.1, -0.05) is 0 Å². The van der Waals surface area contributed by atoms with E-state index in [9.17, 15) is 14.4 Å². The van der Waals surface area contributed by atoms with Crippen LogP contribution in [0.15, 0.2) is 0 Å². The first-order valence-corrected chi connectivity index (χ1v) is 6.80. The number of carbonyl (C=O) groups excluding carboxylic acids is 3. The van der Waals surface area contributed by atoms with Crippen molar-refractivity contribution in [3.8, 4) is 0 Å². The van der Waals surface area contributed by atoms with Crippen LogP contribution in [0.1, 0.15) is 27.7 Å². The summed E-state index contributed by atoms with van der Waals surface area (Å²) in [5.74, 6) is -1.17. The molecule has 0 bridgehead atoms. The maximum atomic E-state index is 12.1. The molecule has 1 rings (SSSR count). The summed E-state index contributed by atoms with van der Waals surface area (Å²) in [4.78, 5) is 36.9. The van der Waals surface area contributed by atoms with Gasteiger partial charge in [-0.3, -0.25) is 9.59 Å². The van der Waals surface area contributed by atoms with E-state index in [-0.39, 0.29) is 18.4 Å². The molecule has 0 aliphatic carbocycles. The van der Waals surface area contributed by atoms with E-state index < -0.39 is 5.97 Å². The van der Waals surface area contributed by atoms with Gasteiger partial charge >= 0.3 is 5.97 Å². The summed E-state index contributed by atoms with van der Waals surface area (Å²) in [6, 6.07) is 0. The van der Waals surface area contributed by atoms with Crippen molar-refractivity contribution < 1.29 is 19.1 Å². The van der Waals surface area contributed by atoms with E-state index in [4.69, 9.17) is 4.74 Å². The smallest absolute Gasteiger partial charge is 0.341 e. The topological polar surface area (TPSA) is 75.7 Å². The molecule has 110 valence electrons. The lowest BCUT2D eigenvalue weighted by molar-refractivity contribution is -0.132. The second-order valence-corrected chi connectivity index (χ2v) is 5.76. The van der Waals surface area contributed by atoms with Crippen molar-refractivity contribution >= 4 is 34.1 Å². The average molecular weight is 298 g/mol. The van der Waals surface area contributed by atoms with Crippen molar-refractivity contribution in [3.05, 3.63) is 16.0 Å². The number of nitrogens with one attached hydrogen (secondary N) is 1. The van der Waals surface area contributed by atoms with E-state index in [1.165, 1.54) is 23.2 Å². The van der Waals surface area contributed by atoms with Gasteiger partial charge in [0.15, 0.2) is 6.61 Å². The number of hydrogen-bond acceptors (Lipinski definition) is 5. The third kappa shape index (κ3) is 3.80. The molecule has 2 amide bonds. The highest BCUT2D eigenvalue weighted by molar-refractivity contribution is 7.16. The van der Waals surface area contributed by atoms with E-state index in [2.05, 4.69) is 5.32 Å². The van der Waals surface area contributed by atoms with Gasteiger partial charge in [-0.2, -0.15) is 0 Å². The van der Waals surface area contributed by atoms with Crippen LogP contribution in [-0.2, 0) is 14.3 Å². The summed E-state index contributed by atoms with van der Waals surface area (Å²) in [6.07, 6.45) is 0. The number of esters is 1. The third-order valence-corrected chi connectivity index (χ3v) is 3.83. The van der Waals surface area contributed by atoms with Crippen LogP contribution in [0.5, 0.6) is 0 Å². The highest BCUT2D eigenvalue weighted by Gasteiger charge is 2.22. The number of rotatable bonds is 4. The van der Waals surface area contributed by atoms with Crippen LogP contribution in [0.3, 0.4) is 0 Å². The zero-order valence-electron chi connectivity index (χ0n) is 12.2. The zero-order valence-corrected chi connectivity index (χ0v) is 13.0. The lowest BCUT2D eigenvalue weighted by Gasteiger charge is -2.11. The van der Waals surface area contributed by atoms with Crippen LogP contribution in [0.4, 0.5) is 5.00 Å². The predicted molar refractivity (Wildman–Crippen MR) is 77.1 cm³/mol. The fourth-order valence-electron chi connectivity index (χ4n) is 1.45. The first-order valence-electron chi connectivity index (χ1n) is 5.99. The van der Waals surface area contributed by atoms with E-state index in [1.54, 1.807) is 21.0 Å². The number of likely N-dealkylation sites (N-methyl/N-ethyl adjacent to an activating group) is 1. The van der Waals surface area contributed by atoms with Gasteiger partial charge in [0.1, 0.15) is 5.00 Å². The number of amides is 2. The molecule has 0 radical (unpaired) electrons. The number of carbonyl (C=O) groups is 3. The molecule has 0 atom stereocenters. The summed E-state index contributed by atoms with van der Waals surface area (Å²) < 4.78 is 4.99. The summed E-state index contributed by atoms with van der Waals surface area (Å²) in [6.45, 7) is 4.68. The van der Waals surface area contributed by atoms with Crippen LogP contribution in [0.25, 0.3) is 0 Å². The van der Waals surface area contributed by atoms with Gasteiger partial charge in [0.05, 0.1) is 5.56 Å². The molecule has 1 heterocycles. The van der Waals surface area contributed by atoms with Gasteiger partial charge < -0.3 is 15.0 Å². The number of nitrogens with zero attached hydrogens (tertiary/aromatic N) is 1. The van der Waals surface area contributed by atoms with Crippen LogP contribution in [0.2, 0.25) is 0 Å². The number of thiophene rings is 1. The molecular weight excluding hydrogens is 280 g/mol. The molecule has 0 aromatic carbocycles. The van der Waals surface area contributed by atoms with Gasteiger partial charge in [-0.25, -0.2) is 4.79 Å². The Bertz CT molecular complexity index is 549. The predicted octanol–water partition coefficient (Wildman–Crippen LogP) is 1.57. The Morgan fingerprint density at radius 2 is 1.85 bits per heavy atom. The SMILES string of the molecule is CC(=O)Nc1sc(C)c(C)c1C(=O)OCC(=O)N(C)C. The molecule has 1 aromatic rings. The van der Waals surface area contributed by atoms with E-state index in [0.29, 0.717) is 10.6 Å². The summed E-state index contributed by atoms with van der Waals surface area (Å²) in [7, 11) is 3.16. The standard InChI is InChI=1S/C13H18N2O4S/c1-7-8(2)20-12(14-9(3)16)11(7)13(18)19-6-10(17)15(4)5/h6H2,1-5H3,(H,14,16). The van der Waals surface area contributed by atoms with Gasteiger partial charge in [-0.15, -0.1) is 11.3 Å². The number of hydrogen-bond donors (Lipinski definition) is 1. The largest absolute Gasteiger partial charge is 0.452 e. The van der Waals surface area contributed by atoms with Gasteiger partial charge in [0.2, 0.25) is 5.91 Å². The highest BCUT2D eigenvalue weighted by Crippen LogP contribution is 2.32. The molecule has 20 heavy (non-hydrogen) atoms. The lowest BCUT2D eigenvalue weighted by Crippen LogP contribution is -2.27. The van der Waals surface area contributed by atoms with Gasteiger partial charge in [0, 0.05) is 25.9 Å². The fraction of sp³-hybridized carbons (Fsp3) is 0.462. The van der Waals surface area contributed by atoms with Crippen molar-refractivity contribution in [2.24, 2.45) is 0 Å². The minimum Gasteiger partial charge on any atom is -0.452 e. The number of ether oxygens (including phenoxy) is 1. The minimum atomic E-state index is -0.606. The fourth-order valence-corrected chi connectivity index (χ4v) is 2.54. The Kier molecular flexibility index (Phi) is 5.26. The third-order valence-electron chi connectivity index (χ3n) is 2.70. The van der Waals surface area contributed by atoms with Crippen LogP contribution >= 0.6 is 11.3 Å². The quantitative estimate of drug-likeness (QED) is 0.856. The molecule has 0 aliphatic rings. The Labute approximate surface area is 121 Å². The molecule has 6 nitrogen and oxygen atoms in total. The lowest BCUT2D eigenvalue weighted by atomic mass is 10.1. The summed E-state index contributed by atoms with van der Waals surface area (Å²) >= 11 is 1.31. The van der Waals surface area contributed by atoms with Crippen LogP contribution in [0, 0.1) is 13.8 Å². The molecule has 0 spiro atoms. The maximum absolute atomic E-state index is 12.1. The average Bonchev–Trinajstić information content (AvgIpc) is 2.60. The van der Waals surface area contributed by atoms with Crippen molar-refractivity contribution in [2.75, 3.05) is 26.0 Å². The Morgan fingerprint density at radius 1 is 1.25 bits per heavy atom. The summed E-state index contributed by atoms with van der Waals surface area (Å²) in [5.41, 5.74) is 1.07. The first-order chi connectivity index (χ1) is 9.23. The highest BCUT2D eigenvalue weighted by atomic mass is 32.1. The second-order valence-electron chi connectivity index (χ2n) is 4.53. The minimum absolute atomic E-state index is 0.260. The van der Waals surface area contributed by atoms with Crippen molar-refractivity contribution in [2.45, 2.75) is 20.8 Å². The molecule has 1 aromatic heterocycles. The zero-order chi connectivity index (χ0) is 15.4. The van der Waals surface area contributed by atoms with Gasteiger partial charge in [-0.05, 0) is 19.4 Å². The molecule has 0 fully saturated rings. The molecule has 0 saturated heterocycles. The van der Waals surface area contributed by atoms with E-state index >= 15 is 0 Å². The normalized spacial score (nSPS) is 10.1. The summed E-state index contributed by atoms with van der Waals surface area (Å²) in [5, 5.41) is 3.06. The maximum Gasteiger partial charge on any atom is 0.341 e. The second kappa shape index (κ2) is 6.51. The van der Waals surface area contributed by atoms with Crippen molar-refractivity contribution in [1.29, 1.82) is 0 Å². The Morgan fingerprint density at radius 3 is 2.35 bits per heavy atom. The molecule has 1 N–H and O–H groups in total. The number of anilines is 1. The Hall–Kier alpha value is -1.89. The molecule has 0 saturated carbocycles. The molecule has 7 heteroatoms. The van der Waals surface area contributed by atoms with E-state index in [0.717, 1.165) is 10.4 Å². The molecule has 0 unspecified atom stereocenters. The van der Waals surface area contributed by atoms with E-state index in [1.807, 2.05) is 6.92 Å². The molecular formula is C13H18N2O4S.